The van der Waals surface area contributed by atoms with Gasteiger partial charge >= 0.3 is 0 Å². The third-order valence-corrected chi connectivity index (χ3v) is 5.59. The monoisotopic (exact) mass is 447 g/mol. The number of rotatable bonds is 11. The molecule has 0 spiro atoms. The Balaban J connectivity index is 1.91. The predicted molar refractivity (Wildman–Crippen MR) is 127 cm³/mol. The maximum atomic E-state index is 13.0. The van der Waals surface area contributed by atoms with Crippen LogP contribution in [0.25, 0.3) is 0 Å². The molecule has 1 aliphatic heterocycles. The van der Waals surface area contributed by atoms with E-state index >= 15 is 0 Å². The molecule has 0 atom stereocenters. The van der Waals surface area contributed by atoms with Gasteiger partial charge in [-0.2, -0.15) is 0 Å². The number of carbonyl (C=O) groups is 2. The molecule has 1 heterocycles. The van der Waals surface area contributed by atoms with Crippen LogP contribution in [0.2, 0.25) is 0 Å². The first-order chi connectivity index (χ1) is 15.2. The zero-order valence-corrected chi connectivity index (χ0v) is 20.7. The van der Waals surface area contributed by atoms with Gasteiger partial charge in [-0.05, 0) is 63.9 Å². The van der Waals surface area contributed by atoms with Crippen LogP contribution in [0.15, 0.2) is 18.2 Å². The average Bonchev–Trinajstić information content (AvgIpc) is 2.75. The Morgan fingerprint density at radius 3 is 2.41 bits per heavy atom. The smallest absolute Gasteiger partial charge is 0.253 e. The first-order valence-corrected chi connectivity index (χ1v) is 11.8. The molecule has 7 heteroatoms. The van der Waals surface area contributed by atoms with Crippen molar-refractivity contribution in [2.45, 2.75) is 47.0 Å². The van der Waals surface area contributed by atoms with Crippen molar-refractivity contribution in [2.75, 3.05) is 53.5 Å². The largest absolute Gasteiger partial charge is 0.490 e. The predicted octanol–water partition coefficient (Wildman–Crippen LogP) is 3.43. The summed E-state index contributed by atoms with van der Waals surface area (Å²) in [5.74, 6) is 1.29. The highest BCUT2D eigenvalue weighted by Crippen LogP contribution is 2.30. The quantitative estimate of drug-likeness (QED) is 0.563. The number of nitrogens with one attached hydrogen (secondary N) is 1. The SMILES string of the molecule is CCCOc1ccc(C(=O)N2CCC(C(=O)NCC(C)(C)CN(C)C)CC2)cc1OCC. The fraction of sp³-hybridized carbons (Fsp3) is 0.680. The van der Waals surface area contributed by atoms with Crippen LogP contribution < -0.4 is 14.8 Å². The van der Waals surface area contributed by atoms with Crippen LogP contribution in [-0.2, 0) is 4.79 Å². The number of amides is 2. The van der Waals surface area contributed by atoms with Gasteiger partial charge in [0.15, 0.2) is 11.5 Å². The normalized spacial score (nSPS) is 15.0. The summed E-state index contributed by atoms with van der Waals surface area (Å²) >= 11 is 0. The standard InChI is InChI=1S/C25H41N3O4/c1-7-15-32-21-10-9-20(16-22(21)31-8-2)24(30)28-13-11-19(12-14-28)23(29)26-17-25(3,4)18-27(5)6/h9-10,16,19H,7-8,11-15,17-18H2,1-6H3,(H,26,29). The van der Waals surface area contributed by atoms with Gasteiger partial charge in [-0.3, -0.25) is 9.59 Å². The number of likely N-dealkylation sites (tertiary alicyclic amines) is 1. The number of hydrogen-bond acceptors (Lipinski definition) is 5. The van der Waals surface area contributed by atoms with E-state index in [1.54, 1.807) is 12.1 Å². The zero-order valence-electron chi connectivity index (χ0n) is 20.7. The van der Waals surface area contributed by atoms with E-state index in [1.807, 2.05) is 38.9 Å². The highest BCUT2D eigenvalue weighted by molar-refractivity contribution is 5.95. The zero-order chi connectivity index (χ0) is 23.7. The molecule has 1 saturated heterocycles. The molecule has 2 rings (SSSR count). The highest BCUT2D eigenvalue weighted by atomic mass is 16.5. The maximum Gasteiger partial charge on any atom is 0.253 e. The van der Waals surface area contributed by atoms with Crippen LogP contribution in [-0.4, -0.2) is 75.1 Å². The first kappa shape index (κ1) is 26.0. The number of nitrogens with zero attached hydrogens (tertiary/aromatic N) is 2. The molecular weight excluding hydrogens is 406 g/mol. The summed E-state index contributed by atoms with van der Waals surface area (Å²) in [5.41, 5.74) is 0.604. The minimum absolute atomic E-state index is 0.0150. The highest BCUT2D eigenvalue weighted by Gasteiger charge is 2.29. The van der Waals surface area contributed by atoms with Crippen molar-refractivity contribution in [3.8, 4) is 11.5 Å². The van der Waals surface area contributed by atoms with Gasteiger partial charge in [-0.25, -0.2) is 0 Å². The van der Waals surface area contributed by atoms with E-state index in [4.69, 9.17) is 9.47 Å². The lowest BCUT2D eigenvalue weighted by Gasteiger charge is -2.33. The van der Waals surface area contributed by atoms with Crippen molar-refractivity contribution >= 4 is 11.8 Å². The minimum atomic E-state index is -0.0435. The number of piperidine rings is 1. The number of hydrogen-bond donors (Lipinski definition) is 1. The second-order valence-corrected chi connectivity index (χ2v) is 9.63. The molecule has 1 aliphatic rings. The lowest BCUT2D eigenvalue weighted by atomic mass is 9.91. The summed E-state index contributed by atoms with van der Waals surface area (Å²) in [6.45, 7) is 12.1. The van der Waals surface area contributed by atoms with Crippen LogP contribution >= 0.6 is 0 Å². The van der Waals surface area contributed by atoms with Crippen LogP contribution in [0.3, 0.4) is 0 Å². The minimum Gasteiger partial charge on any atom is -0.490 e. The van der Waals surface area contributed by atoms with E-state index in [9.17, 15) is 9.59 Å². The Hall–Kier alpha value is -2.28. The molecule has 1 aromatic carbocycles. The van der Waals surface area contributed by atoms with Gasteiger partial charge < -0.3 is 24.6 Å². The maximum absolute atomic E-state index is 13.0. The lowest BCUT2D eigenvalue weighted by molar-refractivity contribution is -0.126. The number of benzene rings is 1. The Kier molecular flexibility index (Phi) is 9.82. The lowest BCUT2D eigenvalue weighted by Crippen LogP contribution is -2.46. The van der Waals surface area contributed by atoms with Crippen LogP contribution in [0.5, 0.6) is 11.5 Å². The molecular formula is C25H41N3O4. The van der Waals surface area contributed by atoms with Gasteiger partial charge in [0.05, 0.1) is 13.2 Å². The molecule has 0 unspecified atom stereocenters. The van der Waals surface area contributed by atoms with Gasteiger partial charge in [-0.1, -0.05) is 20.8 Å². The van der Waals surface area contributed by atoms with Crippen molar-refractivity contribution in [1.29, 1.82) is 0 Å². The Bertz CT molecular complexity index is 756. The van der Waals surface area contributed by atoms with Crippen LogP contribution in [0.4, 0.5) is 0 Å². The van der Waals surface area contributed by atoms with Crippen molar-refractivity contribution in [1.82, 2.24) is 15.1 Å². The van der Waals surface area contributed by atoms with Crippen molar-refractivity contribution in [2.24, 2.45) is 11.3 Å². The van der Waals surface area contributed by atoms with Gasteiger partial charge in [0, 0.05) is 37.7 Å². The number of ether oxygens (including phenoxy) is 2. The third kappa shape index (κ3) is 7.69. The molecule has 0 radical (unpaired) electrons. The fourth-order valence-electron chi connectivity index (χ4n) is 4.15. The van der Waals surface area contributed by atoms with Crippen LogP contribution in [0, 0.1) is 11.3 Å². The average molecular weight is 448 g/mol. The van der Waals surface area contributed by atoms with E-state index < -0.39 is 0 Å². The summed E-state index contributed by atoms with van der Waals surface area (Å²) in [6, 6.07) is 5.37. The summed E-state index contributed by atoms with van der Waals surface area (Å²) in [6.07, 6.45) is 2.27. The third-order valence-electron chi connectivity index (χ3n) is 5.59. The van der Waals surface area contributed by atoms with Crippen molar-refractivity contribution in [3.05, 3.63) is 23.8 Å². The van der Waals surface area contributed by atoms with Crippen LogP contribution in [0.1, 0.15) is 57.3 Å². The second-order valence-electron chi connectivity index (χ2n) is 9.63. The molecule has 32 heavy (non-hydrogen) atoms. The van der Waals surface area contributed by atoms with Gasteiger partial charge in [0.2, 0.25) is 5.91 Å². The van der Waals surface area contributed by atoms with Gasteiger partial charge in [0.25, 0.3) is 5.91 Å². The topological polar surface area (TPSA) is 71.1 Å². The molecule has 1 N–H and O–H groups in total. The summed E-state index contributed by atoms with van der Waals surface area (Å²) < 4.78 is 11.4. The molecule has 0 bridgehead atoms. The summed E-state index contributed by atoms with van der Waals surface area (Å²) in [5, 5.41) is 3.12. The van der Waals surface area contributed by atoms with Gasteiger partial charge in [-0.15, -0.1) is 0 Å². The number of carbonyl (C=O) groups excluding carboxylic acids is 2. The van der Waals surface area contributed by atoms with Crippen molar-refractivity contribution < 1.29 is 19.1 Å². The molecule has 0 aliphatic carbocycles. The molecule has 0 aromatic heterocycles. The molecule has 1 aromatic rings. The Labute approximate surface area is 193 Å². The molecule has 180 valence electrons. The first-order valence-electron chi connectivity index (χ1n) is 11.8. The van der Waals surface area contributed by atoms with Gasteiger partial charge in [0.1, 0.15) is 0 Å². The van der Waals surface area contributed by atoms with E-state index in [-0.39, 0.29) is 23.1 Å². The summed E-state index contributed by atoms with van der Waals surface area (Å²) in [4.78, 5) is 29.7. The fourth-order valence-corrected chi connectivity index (χ4v) is 4.15. The second kappa shape index (κ2) is 12.1. The van der Waals surface area contributed by atoms with E-state index in [0.717, 1.165) is 13.0 Å². The molecule has 0 saturated carbocycles. The Morgan fingerprint density at radius 2 is 1.81 bits per heavy atom. The van der Waals surface area contributed by atoms with E-state index in [0.29, 0.717) is 62.8 Å². The summed E-state index contributed by atoms with van der Waals surface area (Å²) in [7, 11) is 4.08. The van der Waals surface area contributed by atoms with E-state index in [2.05, 4.69) is 24.1 Å². The molecule has 7 nitrogen and oxygen atoms in total. The molecule has 1 fully saturated rings. The molecule has 2 amide bonds. The Morgan fingerprint density at radius 1 is 1.12 bits per heavy atom. The van der Waals surface area contributed by atoms with E-state index in [1.165, 1.54) is 0 Å². The van der Waals surface area contributed by atoms with Crippen molar-refractivity contribution in [3.63, 3.8) is 0 Å².